The van der Waals surface area contributed by atoms with Crippen LogP contribution in [0.3, 0.4) is 0 Å². The van der Waals surface area contributed by atoms with Gasteiger partial charge in [-0.3, -0.25) is 20.4 Å². The maximum Gasteiger partial charge on any atom is 0.348 e. The maximum absolute atomic E-state index is 13.5. The van der Waals surface area contributed by atoms with Crippen LogP contribution in [0, 0.1) is 5.82 Å². The number of esters is 1. The highest BCUT2D eigenvalue weighted by Crippen LogP contribution is 2.27. The number of hydrogen-bond donors (Lipinski definition) is 2. The van der Waals surface area contributed by atoms with Gasteiger partial charge in [0.15, 0.2) is 6.61 Å². The van der Waals surface area contributed by atoms with Crippen molar-refractivity contribution in [1.82, 2.24) is 10.9 Å². The first kappa shape index (κ1) is 14.9. The lowest BCUT2D eigenvalue weighted by molar-refractivity contribution is -0.129. The van der Waals surface area contributed by atoms with Crippen molar-refractivity contribution in [3.05, 3.63) is 35.0 Å². The monoisotopic (exact) mass is 310 g/mol. The SMILES string of the molecule is CC(=O)NNC(=O)COC(=O)c1cc2c(F)cccc2s1. The number of carbonyl (C=O) groups is 3. The van der Waals surface area contributed by atoms with E-state index in [1.807, 2.05) is 0 Å². The molecule has 0 radical (unpaired) electrons. The number of hydrogen-bond acceptors (Lipinski definition) is 5. The Bertz CT molecular complexity index is 713. The zero-order valence-electron chi connectivity index (χ0n) is 10.9. The summed E-state index contributed by atoms with van der Waals surface area (Å²) in [5.74, 6) is -2.28. The fourth-order valence-corrected chi connectivity index (χ4v) is 2.49. The van der Waals surface area contributed by atoms with E-state index in [9.17, 15) is 18.8 Å². The summed E-state index contributed by atoms with van der Waals surface area (Å²) < 4.78 is 18.9. The summed E-state index contributed by atoms with van der Waals surface area (Å²) in [5, 5.41) is 0.331. The van der Waals surface area contributed by atoms with Crippen LogP contribution in [-0.2, 0) is 14.3 Å². The second-order valence-corrected chi connectivity index (χ2v) is 5.15. The summed E-state index contributed by atoms with van der Waals surface area (Å²) in [7, 11) is 0. The standard InChI is InChI=1S/C13H11FN2O4S/c1-7(17)15-16-12(18)6-20-13(19)11-5-8-9(14)3-2-4-10(8)21-11/h2-5H,6H2,1H3,(H,15,17)(H,16,18). The molecular weight excluding hydrogens is 299 g/mol. The van der Waals surface area contributed by atoms with Gasteiger partial charge in [-0.05, 0) is 18.2 Å². The Hall–Kier alpha value is -2.48. The van der Waals surface area contributed by atoms with Crippen LogP contribution in [0.25, 0.3) is 10.1 Å². The Morgan fingerprint density at radius 2 is 2.05 bits per heavy atom. The Kier molecular flexibility index (Phi) is 4.49. The number of ether oxygens (including phenoxy) is 1. The van der Waals surface area contributed by atoms with Crippen molar-refractivity contribution in [2.24, 2.45) is 0 Å². The summed E-state index contributed by atoms with van der Waals surface area (Å²) in [5.41, 5.74) is 4.11. The number of fused-ring (bicyclic) bond motifs is 1. The molecule has 2 rings (SSSR count). The molecule has 2 aromatic rings. The van der Waals surface area contributed by atoms with Crippen molar-refractivity contribution in [3.8, 4) is 0 Å². The Morgan fingerprint density at radius 1 is 1.29 bits per heavy atom. The first-order valence-electron chi connectivity index (χ1n) is 5.88. The zero-order valence-corrected chi connectivity index (χ0v) is 11.8. The lowest BCUT2D eigenvalue weighted by Crippen LogP contribution is -2.42. The third-order valence-electron chi connectivity index (χ3n) is 2.42. The van der Waals surface area contributed by atoms with Crippen LogP contribution in [-0.4, -0.2) is 24.4 Å². The van der Waals surface area contributed by atoms with Crippen molar-refractivity contribution in [2.45, 2.75) is 6.92 Å². The summed E-state index contributed by atoms with van der Waals surface area (Å²) in [6.07, 6.45) is 0. The molecule has 6 nitrogen and oxygen atoms in total. The van der Waals surface area contributed by atoms with Crippen LogP contribution in [0.5, 0.6) is 0 Å². The second-order valence-electron chi connectivity index (χ2n) is 4.07. The van der Waals surface area contributed by atoms with Crippen LogP contribution >= 0.6 is 11.3 Å². The van der Waals surface area contributed by atoms with Gasteiger partial charge in [-0.25, -0.2) is 9.18 Å². The van der Waals surface area contributed by atoms with Crippen LogP contribution < -0.4 is 10.9 Å². The van der Waals surface area contributed by atoms with E-state index < -0.39 is 30.2 Å². The number of benzene rings is 1. The molecule has 110 valence electrons. The molecule has 0 saturated heterocycles. The maximum atomic E-state index is 13.5. The molecule has 2 N–H and O–H groups in total. The lowest BCUT2D eigenvalue weighted by Gasteiger charge is -2.05. The van der Waals surface area contributed by atoms with Crippen LogP contribution in [0.15, 0.2) is 24.3 Å². The molecule has 0 atom stereocenters. The smallest absolute Gasteiger partial charge is 0.348 e. The van der Waals surface area contributed by atoms with E-state index in [0.717, 1.165) is 11.3 Å². The fraction of sp³-hybridized carbons (Fsp3) is 0.154. The highest BCUT2D eigenvalue weighted by molar-refractivity contribution is 7.20. The summed E-state index contributed by atoms with van der Waals surface area (Å²) in [6.45, 7) is 0.674. The van der Waals surface area contributed by atoms with E-state index in [1.165, 1.54) is 19.1 Å². The Morgan fingerprint density at radius 3 is 2.71 bits per heavy atom. The minimum absolute atomic E-state index is 0.197. The van der Waals surface area contributed by atoms with Gasteiger partial charge in [0.1, 0.15) is 10.7 Å². The number of thiophene rings is 1. The van der Waals surface area contributed by atoms with Gasteiger partial charge < -0.3 is 4.74 Å². The predicted octanol–water partition coefficient (Wildman–Crippen LogP) is 1.36. The normalized spacial score (nSPS) is 10.2. The summed E-state index contributed by atoms with van der Waals surface area (Å²) in [4.78, 5) is 33.8. The summed E-state index contributed by atoms with van der Waals surface area (Å²) in [6, 6.07) is 5.90. The van der Waals surface area contributed by atoms with E-state index >= 15 is 0 Å². The molecule has 0 saturated carbocycles. The van der Waals surface area contributed by atoms with Crippen molar-refractivity contribution in [1.29, 1.82) is 0 Å². The van der Waals surface area contributed by atoms with Gasteiger partial charge in [-0.2, -0.15) is 0 Å². The van der Waals surface area contributed by atoms with Gasteiger partial charge >= 0.3 is 5.97 Å². The molecule has 0 unspecified atom stereocenters. The van der Waals surface area contributed by atoms with Crippen molar-refractivity contribution in [2.75, 3.05) is 6.61 Å². The molecule has 0 spiro atoms. The first-order chi connectivity index (χ1) is 9.97. The molecule has 0 bridgehead atoms. The highest BCUT2D eigenvalue weighted by Gasteiger charge is 2.15. The zero-order chi connectivity index (χ0) is 15.4. The van der Waals surface area contributed by atoms with Crippen molar-refractivity contribution >= 4 is 39.2 Å². The number of nitrogens with one attached hydrogen (secondary N) is 2. The summed E-state index contributed by atoms with van der Waals surface area (Å²) >= 11 is 1.07. The van der Waals surface area contributed by atoms with E-state index in [2.05, 4.69) is 10.9 Å². The number of amides is 2. The fourth-order valence-electron chi connectivity index (χ4n) is 1.52. The van der Waals surface area contributed by atoms with Gasteiger partial charge in [0.05, 0.1) is 0 Å². The number of carbonyl (C=O) groups excluding carboxylic acids is 3. The van der Waals surface area contributed by atoms with Gasteiger partial charge in [-0.15, -0.1) is 11.3 Å². The molecule has 1 aromatic carbocycles. The Balaban J connectivity index is 1.97. The average molecular weight is 310 g/mol. The molecule has 0 aliphatic rings. The van der Waals surface area contributed by atoms with E-state index in [1.54, 1.807) is 12.1 Å². The molecule has 0 aliphatic heterocycles. The number of rotatable bonds is 3. The quantitative estimate of drug-likeness (QED) is 0.662. The minimum Gasteiger partial charge on any atom is -0.451 e. The largest absolute Gasteiger partial charge is 0.451 e. The van der Waals surface area contributed by atoms with Gasteiger partial charge in [0.2, 0.25) is 5.91 Å². The second kappa shape index (κ2) is 6.31. The topological polar surface area (TPSA) is 84.5 Å². The van der Waals surface area contributed by atoms with Crippen molar-refractivity contribution < 1.29 is 23.5 Å². The first-order valence-corrected chi connectivity index (χ1v) is 6.69. The molecular formula is C13H11FN2O4S. The highest BCUT2D eigenvalue weighted by atomic mass is 32.1. The third-order valence-corrected chi connectivity index (χ3v) is 3.50. The average Bonchev–Trinajstić information content (AvgIpc) is 2.88. The minimum atomic E-state index is -0.728. The number of halogens is 1. The molecule has 2 amide bonds. The predicted molar refractivity (Wildman–Crippen MR) is 74.0 cm³/mol. The molecule has 1 aromatic heterocycles. The van der Waals surface area contributed by atoms with E-state index in [-0.39, 0.29) is 4.88 Å². The molecule has 21 heavy (non-hydrogen) atoms. The van der Waals surface area contributed by atoms with Crippen LogP contribution in [0.1, 0.15) is 16.6 Å². The number of hydrazine groups is 1. The third kappa shape index (κ3) is 3.76. The van der Waals surface area contributed by atoms with Crippen LogP contribution in [0.2, 0.25) is 0 Å². The Labute approximate surface area is 122 Å². The van der Waals surface area contributed by atoms with Crippen LogP contribution in [0.4, 0.5) is 4.39 Å². The van der Waals surface area contributed by atoms with Gasteiger partial charge in [0.25, 0.3) is 5.91 Å². The van der Waals surface area contributed by atoms with Gasteiger partial charge in [0, 0.05) is 17.0 Å². The van der Waals surface area contributed by atoms with E-state index in [0.29, 0.717) is 10.1 Å². The van der Waals surface area contributed by atoms with E-state index in [4.69, 9.17) is 4.74 Å². The van der Waals surface area contributed by atoms with Crippen molar-refractivity contribution in [3.63, 3.8) is 0 Å². The molecule has 0 aliphatic carbocycles. The molecule has 0 fully saturated rings. The lowest BCUT2D eigenvalue weighted by atomic mass is 10.2. The van der Waals surface area contributed by atoms with Gasteiger partial charge in [-0.1, -0.05) is 6.07 Å². The molecule has 1 heterocycles. The molecule has 8 heteroatoms.